The normalized spacial score (nSPS) is 14.6. The third-order valence-electron chi connectivity index (χ3n) is 17.1. The summed E-state index contributed by atoms with van der Waals surface area (Å²) in [7, 11) is 0. The maximum Gasteiger partial charge on any atom is 0.0714 e. The molecule has 0 saturated heterocycles. The summed E-state index contributed by atoms with van der Waals surface area (Å²) in [5.41, 5.74) is 25.1. The fourth-order valence-corrected chi connectivity index (χ4v) is 14.6. The Morgan fingerprint density at radius 1 is 0.293 bits per heavy atom. The molecular formula is C73H51NS. The molecule has 0 aliphatic heterocycles. The van der Waals surface area contributed by atoms with Crippen LogP contribution in [0.5, 0.6) is 0 Å². The van der Waals surface area contributed by atoms with Crippen molar-refractivity contribution in [1.82, 2.24) is 0 Å². The Morgan fingerprint density at radius 2 is 0.693 bits per heavy atom. The zero-order chi connectivity index (χ0) is 49.9. The topological polar surface area (TPSA) is 3.24 Å². The molecule has 1 aromatic heterocycles. The number of benzene rings is 11. The predicted molar refractivity (Wildman–Crippen MR) is 314 cm³/mol. The molecular weight excluding hydrogens is 923 g/mol. The third kappa shape index (κ3) is 6.24. The van der Waals surface area contributed by atoms with Gasteiger partial charge in [-0.15, -0.1) is 11.3 Å². The molecule has 0 bridgehead atoms. The first-order valence-corrected chi connectivity index (χ1v) is 27.1. The zero-order valence-electron chi connectivity index (χ0n) is 41.8. The third-order valence-corrected chi connectivity index (χ3v) is 18.0. The molecule has 0 spiro atoms. The molecule has 0 radical (unpaired) electrons. The van der Waals surface area contributed by atoms with E-state index in [1.807, 2.05) is 0 Å². The Bertz CT molecular complexity index is 4130. The average Bonchev–Trinajstić information content (AvgIpc) is 4.27. The van der Waals surface area contributed by atoms with E-state index in [0.29, 0.717) is 0 Å². The lowest BCUT2D eigenvalue weighted by Crippen LogP contribution is -2.29. The van der Waals surface area contributed by atoms with Crippen LogP contribution in [0, 0.1) is 0 Å². The summed E-state index contributed by atoms with van der Waals surface area (Å²) < 4.78 is 1.32. The highest BCUT2D eigenvalue weighted by molar-refractivity contribution is 7.17. The summed E-state index contributed by atoms with van der Waals surface area (Å²) >= 11 is 1.80. The van der Waals surface area contributed by atoms with Gasteiger partial charge >= 0.3 is 0 Å². The summed E-state index contributed by atoms with van der Waals surface area (Å²) in [5.74, 6) is 0. The van der Waals surface area contributed by atoms with Crippen LogP contribution in [0.3, 0.4) is 0 Å². The monoisotopic (exact) mass is 973 g/mol. The van der Waals surface area contributed by atoms with Crippen LogP contribution < -0.4 is 4.90 Å². The number of anilines is 3. The summed E-state index contributed by atoms with van der Waals surface area (Å²) in [6.45, 7) is 4.83. The van der Waals surface area contributed by atoms with Gasteiger partial charge in [-0.3, -0.25) is 0 Å². The Hall–Kier alpha value is -8.82. The van der Waals surface area contributed by atoms with E-state index in [-0.39, 0.29) is 5.41 Å². The Morgan fingerprint density at radius 3 is 1.28 bits per heavy atom. The molecule has 2 heteroatoms. The van der Waals surface area contributed by atoms with Gasteiger partial charge in [0.05, 0.1) is 10.8 Å². The number of rotatable bonds is 8. The van der Waals surface area contributed by atoms with Crippen molar-refractivity contribution in [1.29, 1.82) is 0 Å². The van der Waals surface area contributed by atoms with Crippen molar-refractivity contribution in [3.8, 4) is 44.5 Å². The lowest BCUT2D eigenvalue weighted by atomic mass is 9.67. The first kappa shape index (κ1) is 43.7. The van der Waals surface area contributed by atoms with Gasteiger partial charge in [0.2, 0.25) is 0 Å². The number of nitrogens with zero attached hydrogens (tertiary/aromatic N) is 1. The standard InChI is InChI=1S/C73H51NS/c1-71(2)67-44-49(48-32-40-70-50(43-48)41-42-75-70)31-36-60(67)61-37-33-56(46-68(61)71)74(55-35-39-66-63(45-55)59-28-16-18-30-65(59)72(66,51-19-7-3-8-20-51)52-21-9-4-10-22-52)57-34-38-62-58-27-15-17-29-64(58)73(69(62)47-57,53-23-11-5-12-24-53)54-25-13-6-14-26-54/h3-47H,1-2H3. The SMILES string of the molecule is CC1(C)c2cc(-c3ccc4sccc4c3)ccc2-c2ccc(N(c3ccc4c(c3)-c3ccccc3C4(c3ccccc3)c3ccccc3)c3ccc4c(c3)C(c3ccccc3)(c3ccccc3)c3ccccc3-4)cc21. The number of hydrogen-bond acceptors (Lipinski definition) is 2. The van der Waals surface area contributed by atoms with Gasteiger partial charge in [0.25, 0.3) is 0 Å². The van der Waals surface area contributed by atoms with E-state index >= 15 is 0 Å². The summed E-state index contributed by atoms with van der Waals surface area (Å²) in [5, 5.41) is 3.48. The lowest BCUT2D eigenvalue weighted by molar-refractivity contribution is 0.660. The van der Waals surface area contributed by atoms with Crippen LogP contribution >= 0.6 is 11.3 Å². The van der Waals surface area contributed by atoms with Gasteiger partial charge in [-0.2, -0.15) is 0 Å². The van der Waals surface area contributed by atoms with Gasteiger partial charge in [-0.1, -0.05) is 220 Å². The van der Waals surface area contributed by atoms with E-state index in [1.54, 1.807) is 11.3 Å². The van der Waals surface area contributed by atoms with Crippen molar-refractivity contribution in [3.05, 3.63) is 328 Å². The van der Waals surface area contributed by atoms with E-state index in [1.165, 1.54) is 110 Å². The first-order valence-electron chi connectivity index (χ1n) is 26.2. The van der Waals surface area contributed by atoms with Crippen LogP contribution in [0.2, 0.25) is 0 Å². The maximum absolute atomic E-state index is 2.54. The highest BCUT2D eigenvalue weighted by atomic mass is 32.1. The minimum atomic E-state index is -0.550. The van der Waals surface area contributed by atoms with Gasteiger partial charge in [-0.05, 0) is 172 Å². The molecule has 75 heavy (non-hydrogen) atoms. The van der Waals surface area contributed by atoms with Crippen LogP contribution in [-0.2, 0) is 16.2 Å². The van der Waals surface area contributed by atoms with Crippen LogP contribution in [0.15, 0.2) is 272 Å². The molecule has 3 aliphatic rings. The molecule has 12 aromatic rings. The van der Waals surface area contributed by atoms with Crippen LogP contribution in [-0.4, -0.2) is 0 Å². The molecule has 354 valence electrons. The predicted octanol–water partition coefficient (Wildman–Crippen LogP) is 19.1. The molecule has 3 aliphatic carbocycles. The second-order valence-electron chi connectivity index (χ2n) is 21.1. The number of fused-ring (bicyclic) bond motifs is 10. The molecule has 11 aromatic carbocycles. The highest BCUT2D eigenvalue weighted by Gasteiger charge is 2.48. The first-order chi connectivity index (χ1) is 36.9. The minimum absolute atomic E-state index is 0.258. The maximum atomic E-state index is 2.54. The Kier molecular flexibility index (Phi) is 9.68. The molecule has 0 N–H and O–H groups in total. The van der Waals surface area contributed by atoms with Crippen molar-refractivity contribution in [2.45, 2.75) is 30.1 Å². The van der Waals surface area contributed by atoms with Crippen molar-refractivity contribution in [2.24, 2.45) is 0 Å². The van der Waals surface area contributed by atoms with Gasteiger partial charge in [0.1, 0.15) is 0 Å². The highest BCUT2D eigenvalue weighted by Crippen LogP contribution is 2.60. The second kappa shape index (κ2) is 16.6. The van der Waals surface area contributed by atoms with Crippen molar-refractivity contribution in [3.63, 3.8) is 0 Å². The quantitative estimate of drug-likeness (QED) is 0.147. The molecule has 0 atom stereocenters. The van der Waals surface area contributed by atoms with E-state index in [4.69, 9.17) is 0 Å². The summed E-state index contributed by atoms with van der Waals surface area (Å²) in [6, 6.07) is 101. The number of thiophene rings is 1. The lowest BCUT2D eigenvalue weighted by Gasteiger charge is -2.35. The van der Waals surface area contributed by atoms with Crippen LogP contribution in [0.25, 0.3) is 54.6 Å². The molecule has 15 rings (SSSR count). The average molecular weight is 974 g/mol. The summed E-state index contributed by atoms with van der Waals surface area (Å²) in [6.07, 6.45) is 0. The van der Waals surface area contributed by atoms with Gasteiger partial charge in [-0.25, -0.2) is 0 Å². The van der Waals surface area contributed by atoms with Crippen LogP contribution in [0.4, 0.5) is 17.1 Å². The summed E-state index contributed by atoms with van der Waals surface area (Å²) in [4.78, 5) is 2.54. The van der Waals surface area contributed by atoms with E-state index < -0.39 is 10.8 Å². The molecule has 0 unspecified atom stereocenters. The van der Waals surface area contributed by atoms with Crippen molar-refractivity contribution in [2.75, 3.05) is 4.90 Å². The fourth-order valence-electron chi connectivity index (χ4n) is 13.8. The zero-order valence-corrected chi connectivity index (χ0v) is 42.7. The van der Waals surface area contributed by atoms with Crippen molar-refractivity contribution < 1.29 is 0 Å². The van der Waals surface area contributed by atoms with E-state index in [0.717, 1.165) is 17.1 Å². The Labute approximate surface area is 443 Å². The smallest absolute Gasteiger partial charge is 0.0714 e. The van der Waals surface area contributed by atoms with Gasteiger partial charge in [0, 0.05) is 27.2 Å². The molecule has 0 saturated carbocycles. The van der Waals surface area contributed by atoms with Gasteiger partial charge in [0.15, 0.2) is 0 Å². The van der Waals surface area contributed by atoms with E-state index in [2.05, 4.69) is 291 Å². The van der Waals surface area contributed by atoms with Gasteiger partial charge < -0.3 is 4.90 Å². The number of hydrogen-bond donors (Lipinski definition) is 0. The second-order valence-corrected chi connectivity index (χ2v) is 22.1. The largest absolute Gasteiger partial charge is 0.310 e. The van der Waals surface area contributed by atoms with E-state index in [9.17, 15) is 0 Å². The Balaban J connectivity index is 0.962. The molecule has 0 fully saturated rings. The molecule has 1 nitrogen and oxygen atoms in total. The molecule has 1 heterocycles. The molecule has 0 amide bonds. The fraction of sp³-hybridized carbons (Fsp3) is 0.0685. The minimum Gasteiger partial charge on any atom is -0.310 e. The van der Waals surface area contributed by atoms with Crippen molar-refractivity contribution >= 4 is 38.5 Å². The van der Waals surface area contributed by atoms with Crippen LogP contribution in [0.1, 0.15) is 69.5 Å².